The van der Waals surface area contributed by atoms with Crippen molar-refractivity contribution in [2.75, 3.05) is 52.5 Å². The van der Waals surface area contributed by atoms with E-state index in [1.807, 2.05) is 13.8 Å². The van der Waals surface area contributed by atoms with Crippen molar-refractivity contribution in [1.82, 2.24) is 14.7 Å². The summed E-state index contributed by atoms with van der Waals surface area (Å²) in [6, 6.07) is 6.03. The number of carboxylic acid groups (broad SMARTS) is 1. The second-order valence-electron chi connectivity index (χ2n) is 11.6. The van der Waals surface area contributed by atoms with Gasteiger partial charge in [0.05, 0.1) is 5.92 Å². The van der Waals surface area contributed by atoms with Gasteiger partial charge in [0.2, 0.25) is 5.91 Å². The molecule has 0 saturated carbocycles. The van der Waals surface area contributed by atoms with Crippen molar-refractivity contribution < 1.29 is 32.6 Å². The van der Waals surface area contributed by atoms with Gasteiger partial charge >= 0.3 is 5.97 Å². The number of piperazine rings is 1. The molecule has 3 aliphatic rings. The summed E-state index contributed by atoms with van der Waals surface area (Å²) in [7, 11) is 0. The van der Waals surface area contributed by atoms with Crippen LogP contribution in [0.15, 0.2) is 30.3 Å². The summed E-state index contributed by atoms with van der Waals surface area (Å²) >= 11 is 0. The fraction of sp³-hybridized carbons (Fsp3) is 0.548. The maximum absolute atomic E-state index is 14.9. The number of aliphatic carboxylic acids is 1. The number of likely N-dealkylation sites (tertiary alicyclic amines) is 1. The first-order valence-electron chi connectivity index (χ1n) is 14.4. The predicted molar refractivity (Wildman–Crippen MR) is 147 cm³/mol. The van der Waals surface area contributed by atoms with Gasteiger partial charge in [-0.25, -0.2) is 13.2 Å². The van der Waals surface area contributed by atoms with Gasteiger partial charge in [-0.05, 0) is 61.1 Å². The number of aryl methyl sites for hydroxylation is 2. The number of carboxylic acids is 1. The minimum atomic E-state index is -1.03. The molecular formula is C31H38F3N3O4. The molecule has 41 heavy (non-hydrogen) atoms. The molecule has 0 spiro atoms. The third kappa shape index (κ3) is 6.44. The van der Waals surface area contributed by atoms with Crippen LogP contribution in [-0.2, 0) is 20.7 Å². The highest BCUT2D eigenvalue weighted by Crippen LogP contribution is 2.38. The van der Waals surface area contributed by atoms with E-state index in [9.17, 15) is 27.9 Å². The molecule has 0 radical (unpaired) electrons. The Kier molecular flexibility index (Phi) is 9.01. The number of nitrogens with zero attached hydrogens (tertiary/aromatic N) is 3. The van der Waals surface area contributed by atoms with E-state index in [0.29, 0.717) is 63.6 Å². The molecule has 10 heteroatoms. The Morgan fingerprint density at radius 2 is 1.63 bits per heavy atom. The molecule has 3 atom stereocenters. The molecule has 222 valence electrons. The first-order valence-corrected chi connectivity index (χ1v) is 14.4. The average Bonchev–Trinajstić information content (AvgIpc) is 3.39. The van der Waals surface area contributed by atoms with Gasteiger partial charge in [0.25, 0.3) is 0 Å². The third-order valence-corrected chi connectivity index (χ3v) is 9.16. The molecule has 0 aromatic heterocycles. The Balaban J connectivity index is 1.29. The predicted octanol–water partition coefficient (Wildman–Crippen LogP) is 3.76. The smallest absolute Gasteiger partial charge is 0.321 e. The Hall–Kier alpha value is -2.95. The summed E-state index contributed by atoms with van der Waals surface area (Å²) in [5.74, 6) is -3.75. The fourth-order valence-corrected chi connectivity index (χ4v) is 6.62. The standard InChI is InChI=1S/C31H38F3N3O4/c1-19-13-21(27(33)14-20(19)2)15-29(31(39)40)35-7-9-36(10-8-35)30(38)26-18-37(23-5-11-41-12-6-23)17-25(26)24-4-3-22(32)16-28(24)34/h3-4,13-14,16,23,25-26,29H,5-12,15,17-18H2,1-2H3,(H,39,40)/t25-,26+,29-/m0/s1. The molecule has 1 N–H and O–H groups in total. The summed E-state index contributed by atoms with van der Waals surface area (Å²) in [5, 5.41) is 9.99. The number of benzene rings is 2. The number of ether oxygens (including phenoxy) is 1. The number of amides is 1. The number of halogens is 3. The molecule has 1 amide bonds. The van der Waals surface area contributed by atoms with Crippen LogP contribution in [0.3, 0.4) is 0 Å². The lowest BCUT2D eigenvalue weighted by atomic mass is 9.87. The van der Waals surface area contributed by atoms with Crippen molar-refractivity contribution in [2.45, 2.75) is 51.1 Å². The van der Waals surface area contributed by atoms with Gasteiger partial charge in [-0.15, -0.1) is 0 Å². The van der Waals surface area contributed by atoms with Crippen LogP contribution in [0.1, 0.15) is 41.0 Å². The van der Waals surface area contributed by atoms with Gasteiger partial charge < -0.3 is 14.7 Å². The SMILES string of the molecule is Cc1cc(F)c(C[C@@H](C(=O)O)N2CCN(C(=O)[C@@H]3CN(C4CCOCC4)C[C@H]3c3ccc(F)cc3F)CC2)cc1C. The molecule has 3 fully saturated rings. The number of carbonyl (C=O) groups is 2. The Morgan fingerprint density at radius 1 is 0.951 bits per heavy atom. The number of carbonyl (C=O) groups excluding carboxylic acids is 1. The minimum Gasteiger partial charge on any atom is -0.480 e. The lowest BCUT2D eigenvalue weighted by Crippen LogP contribution is -2.56. The van der Waals surface area contributed by atoms with Crippen molar-refractivity contribution in [3.8, 4) is 0 Å². The first-order chi connectivity index (χ1) is 19.6. The summed E-state index contributed by atoms with van der Waals surface area (Å²) in [4.78, 5) is 31.9. The molecule has 2 aromatic rings. The van der Waals surface area contributed by atoms with Crippen LogP contribution in [0, 0.1) is 37.2 Å². The topological polar surface area (TPSA) is 73.3 Å². The zero-order chi connectivity index (χ0) is 29.3. The van der Waals surface area contributed by atoms with Crippen molar-refractivity contribution in [3.63, 3.8) is 0 Å². The second kappa shape index (κ2) is 12.5. The van der Waals surface area contributed by atoms with E-state index in [1.165, 1.54) is 18.2 Å². The van der Waals surface area contributed by atoms with Crippen molar-refractivity contribution >= 4 is 11.9 Å². The van der Waals surface area contributed by atoms with E-state index >= 15 is 0 Å². The van der Waals surface area contributed by atoms with Crippen LogP contribution in [0.5, 0.6) is 0 Å². The quantitative estimate of drug-likeness (QED) is 0.544. The van der Waals surface area contributed by atoms with Gasteiger partial charge in [0.15, 0.2) is 0 Å². The molecule has 5 rings (SSSR count). The van der Waals surface area contributed by atoms with Crippen LogP contribution in [-0.4, -0.2) is 96.2 Å². The molecule has 3 heterocycles. The van der Waals surface area contributed by atoms with E-state index in [-0.39, 0.29) is 18.4 Å². The minimum absolute atomic E-state index is 0.0326. The van der Waals surface area contributed by atoms with Crippen LogP contribution >= 0.6 is 0 Å². The third-order valence-electron chi connectivity index (χ3n) is 9.16. The second-order valence-corrected chi connectivity index (χ2v) is 11.6. The Morgan fingerprint density at radius 3 is 2.29 bits per heavy atom. The molecule has 3 aliphatic heterocycles. The maximum atomic E-state index is 14.9. The van der Waals surface area contributed by atoms with Gasteiger partial charge in [0.1, 0.15) is 23.5 Å². The average molecular weight is 574 g/mol. The lowest BCUT2D eigenvalue weighted by Gasteiger charge is -2.39. The summed E-state index contributed by atoms with van der Waals surface area (Å²) in [6.07, 6.45) is 1.72. The summed E-state index contributed by atoms with van der Waals surface area (Å²) in [6.45, 7) is 7.28. The van der Waals surface area contributed by atoms with E-state index < -0.39 is 41.3 Å². The van der Waals surface area contributed by atoms with Crippen molar-refractivity contribution in [2.24, 2.45) is 5.92 Å². The molecule has 2 aromatic carbocycles. The number of hydrogen-bond donors (Lipinski definition) is 1. The largest absolute Gasteiger partial charge is 0.480 e. The number of rotatable bonds is 7. The molecule has 0 aliphatic carbocycles. The van der Waals surface area contributed by atoms with Crippen LogP contribution < -0.4 is 0 Å². The normalized spacial score (nSPS) is 23.6. The summed E-state index contributed by atoms with van der Waals surface area (Å²) in [5.41, 5.74) is 2.42. The van der Waals surface area contributed by atoms with Crippen LogP contribution in [0.4, 0.5) is 13.2 Å². The van der Waals surface area contributed by atoms with Gasteiger partial charge in [0, 0.05) is 76.9 Å². The van der Waals surface area contributed by atoms with Gasteiger partial charge in [-0.3, -0.25) is 19.4 Å². The molecule has 7 nitrogen and oxygen atoms in total. The highest BCUT2D eigenvalue weighted by molar-refractivity contribution is 5.81. The zero-order valence-electron chi connectivity index (χ0n) is 23.6. The van der Waals surface area contributed by atoms with E-state index in [0.717, 1.165) is 30.0 Å². The van der Waals surface area contributed by atoms with E-state index in [1.54, 1.807) is 15.9 Å². The van der Waals surface area contributed by atoms with Crippen LogP contribution in [0.2, 0.25) is 0 Å². The number of hydrogen-bond acceptors (Lipinski definition) is 5. The summed E-state index contributed by atoms with van der Waals surface area (Å²) < 4.78 is 48.8. The highest BCUT2D eigenvalue weighted by Gasteiger charge is 2.44. The van der Waals surface area contributed by atoms with Gasteiger partial charge in [-0.2, -0.15) is 0 Å². The van der Waals surface area contributed by atoms with Crippen molar-refractivity contribution in [3.05, 3.63) is 70.0 Å². The molecule has 0 bridgehead atoms. The molecule has 0 unspecified atom stereocenters. The fourth-order valence-electron chi connectivity index (χ4n) is 6.62. The van der Waals surface area contributed by atoms with Gasteiger partial charge in [-0.1, -0.05) is 12.1 Å². The zero-order valence-corrected chi connectivity index (χ0v) is 23.6. The van der Waals surface area contributed by atoms with E-state index in [4.69, 9.17) is 4.74 Å². The maximum Gasteiger partial charge on any atom is 0.321 e. The molecule has 3 saturated heterocycles. The Labute approximate surface area is 238 Å². The monoisotopic (exact) mass is 573 g/mol. The van der Waals surface area contributed by atoms with Crippen molar-refractivity contribution in [1.29, 1.82) is 0 Å². The lowest BCUT2D eigenvalue weighted by molar-refractivity contribution is -0.145. The Bertz CT molecular complexity index is 1280. The highest BCUT2D eigenvalue weighted by atomic mass is 19.1. The van der Waals surface area contributed by atoms with E-state index in [2.05, 4.69) is 4.90 Å². The first kappa shape index (κ1) is 29.5. The van der Waals surface area contributed by atoms with Crippen LogP contribution in [0.25, 0.3) is 0 Å². The molecular weight excluding hydrogens is 535 g/mol.